The number of hydrogen-bond donors (Lipinski definition) is 3. The second-order valence-electron chi connectivity index (χ2n) is 8.06. The fraction of sp³-hybridized carbons (Fsp3) is 0.571. The van der Waals surface area contributed by atoms with Crippen LogP contribution in [0.3, 0.4) is 0 Å². The quantitative estimate of drug-likeness (QED) is 0.561. The molecule has 4 atom stereocenters. The summed E-state index contributed by atoms with van der Waals surface area (Å²) in [6.07, 6.45) is 2.06. The van der Waals surface area contributed by atoms with Crippen LogP contribution < -0.4 is 10.6 Å². The Morgan fingerprint density at radius 3 is 2.81 bits per heavy atom. The molecule has 4 rings (SSSR count). The van der Waals surface area contributed by atoms with Crippen molar-refractivity contribution in [3.8, 4) is 0 Å². The van der Waals surface area contributed by atoms with E-state index in [0.717, 1.165) is 17.8 Å². The van der Waals surface area contributed by atoms with E-state index in [9.17, 15) is 19.5 Å². The van der Waals surface area contributed by atoms with Crippen molar-refractivity contribution in [3.05, 3.63) is 27.2 Å². The normalized spacial score (nSPS) is 30.5. The highest BCUT2D eigenvalue weighted by Crippen LogP contribution is 2.43. The number of nitrogens with zero attached hydrogens (tertiary/aromatic N) is 2. The van der Waals surface area contributed by atoms with Crippen molar-refractivity contribution in [2.75, 3.05) is 13.2 Å². The number of aromatic nitrogens is 1. The van der Waals surface area contributed by atoms with Gasteiger partial charge in [0.1, 0.15) is 5.60 Å². The van der Waals surface area contributed by atoms with Crippen molar-refractivity contribution < 1.29 is 24.2 Å². The molecule has 2 amide bonds. The molecule has 0 aromatic carbocycles. The van der Waals surface area contributed by atoms with Gasteiger partial charge in [-0.05, 0) is 38.7 Å². The maximum atomic E-state index is 13.0. The molecule has 1 aromatic heterocycles. The van der Waals surface area contributed by atoms with Gasteiger partial charge in [0.15, 0.2) is 0 Å². The first-order chi connectivity index (χ1) is 14.8. The van der Waals surface area contributed by atoms with Crippen molar-refractivity contribution in [2.24, 2.45) is 10.9 Å². The maximum Gasteiger partial charge on any atom is 0.367 e. The molecule has 1 saturated heterocycles. The van der Waals surface area contributed by atoms with Gasteiger partial charge in [-0.15, -0.1) is 11.3 Å². The molecule has 0 radical (unpaired) electrons. The molecule has 9 nitrogen and oxygen atoms in total. The van der Waals surface area contributed by atoms with E-state index in [1.165, 1.54) is 0 Å². The Morgan fingerprint density at radius 2 is 2.16 bits per heavy atom. The van der Waals surface area contributed by atoms with Crippen molar-refractivity contribution in [3.63, 3.8) is 0 Å². The van der Waals surface area contributed by atoms with Crippen molar-refractivity contribution in [1.29, 1.82) is 0 Å². The summed E-state index contributed by atoms with van der Waals surface area (Å²) >= 11 is 1.06. The fourth-order valence-electron chi connectivity index (χ4n) is 4.55. The van der Waals surface area contributed by atoms with Crippen LogP contribution in [0.1, 0.15) is 55.5 Å². The highest BCUT2D eigenvalue weighted by Gasteiger charge is 2.55. The fourth-order valence-corrected chi connectivity index (χ4v) is 5.33. The third-order valence-electron chi connectivity index (χ3n) is 6.05. The molecule has 4 unspecified atom stereocenters. The maximum absolute atomic E-state index is 13.0. The molecular formula is C21H26N4O5S. The monoisotopic (exact) mass is 446 g/mol. The Labute approximate surface area is 184 Å². The molecule has 3 aliphatic rings. The first kappa shape index (κ1) is 21.6. The van der Waals surface area contributed by atoms with E-state index in [4.69, 9.17) is 4.74 Å². The third-order valence-corrected chi connectivity index (χ3v) is 6.87. The highest BCUT2D eigenvalue weighted by molar-refractivity contribution is 7.11. The minimum atomic E-state index is -1.69. The number of aliphatic imine (C=N–C) groups is 1. The summed E-state index contributed by atoms with van der Waals surface area (Å²) in [4.78, 5) is 46.8. The molecule has 0 spiro atoms. The molecule has 4 heterocycles. The summed E-state index contributed by atoms with van der Waals surface area (Å²) < 4.78 is 4.99. The van der Waals surface area contributed by atoms with Crippen molar-refractivity contribution in [1.82, 2.24) is 15.6 Å². The summed E-state index contributed by atoms with van der Waals surface area (Å²) in [6.45, 7) is 5.75. The summed E-state index contributed by atoms with van der Waals surface area (Å²) in [5.41, 5.74) is 0.180. The lowest BCUT2D eigenvalue weighted by atomic mass is 9.77. The molecule has 3 aliphatic heterocycles. The van der Waals surface area contributed by atoms with Crippen LogP contribution in [0.25, 0.3) is 0 Å². The molecule has 0 aliphatic carbocycles. The Morgan fingerprint density at radius 1 is 1.39 bits per heavy atom. The van der Waals surface area contributed by atoms with Crippen LogP contribution in [-0.2, 0) is 19.9 Å². The Bertz CT molecular complexity index is 1000. The number of carbonyl (C=O) groups excluding carboxylic acids is 3. The second-order valence-corrected chi connectivity index (χ2v) is 8.92. The highest BCUT2D eigenvalue weighted by atomic mass is 32.1. The smallest absolute Gasteiger partial charge is 0.367 e. The Hall–Kier alpha value is -2.59. The molecule has 0 bridgehead atoms. The van der Waals surface area contributed by atoms with Gasteiger partial charge in [-0.25, -0.2) is 9.78 Å². The van der Waals surface area contributed by atoms with Crippen molar-refractivity contribution in [2.45, 2.75) is 57.7 Å². The third kappa shape index (κ3) is 3.57. The standard InChI is InChI=1S/C21H26N4O5S/c1-4-11-14(15(17(26)24-11)12-7-6-10(3)23-12)16-18(27)22-9-21(16,29)13-8-31-19(25-13)20(28)30-5-2/h8,10-11,16,29H,4-7,9H2,1-3H3,(H,22,27)(H,24,26). The zero-order valence-corrected chi connectivity index (χ0v) is 18.5. The van der Waals surface area contributed by atoms with Gasteiger partial charge in [0.05, 0.1) is 36.4 Å². The second kappa shape index (κ2) is 8.16. The predicted molar refractivity (Wildman–Crippen MR) is 114 cm³/mol. The minimum absolute atomic E-state index is 0.0627. The van der Waals surface area contributed by atoms with Crippen LogP contribution in [-0.4, -0.2) is 58.8 Å². The van der Waals surface area contributed by atoms with Gasteiger partial charge in [0.25, 0.3) is 5.91 Å². The molecule has 31 heavy (non-hydrogen) atoms. The van der Waals surface area contributed by atoms with Crippen LogP contribution in [0.2, 0.25) is 0 Å². The lowest BCUT2D eigenvalue weighted by Gasteiger charge is -2.29. The number of amides is 2. The van der Waals surface area contributed by atoms with Crippen LogP contribution in [0, 0.1) is 5.92 Å². The number of aliphatic hydroxyl groups is 1. The van der Waals surface area contributed by atoms with Crippen LogP contribution >= 0.6 is 11.3 Å². The largest absolute Gasteiger partial charge is 0.461 e. The van der Waals surface area contributed by atoms with E-state index in [0.29, 0.717) is 29.7 Å². The van der Waals surface area contributed by atoms with E-state index in [2.05, 4.69) is 20.6 Å². The number of esters is 1. The molecule has 3 N–H and O–H groups in total. The minimum Gasteiger partial charge on any atom is -0.461 e. The van der Waals surface area contributed by atoms with Gasteiger partial charge in [-0.3, -0.25) is 14.6 Å². The van der Waals surface area contributed by atoms with E-state index < -0.39 is 17.5 Å². The van der Waals surface area contributed by atoms with E-state index in [-0.39, 0.29) is 47.8 Å². The van der Waals surface area contributed by atoms with Gasteiger partial charge in [-0.1, -0.05) is 6.92 Å². The summed E-state index contributed by atoms with van der Waals surface area (Å²) in [7, 11) is 0. The molecular weight excluding hydrogens is 420 g/mol. The number of carbonyl (C=O) groups is 3. The van der Waals surface area contributed by atoms with Crippen LogP contribution in [0.5, 0.6) is 0 Å². The average molecular weight is 447 g/mol. The predicted octanol–water partition coefficient (Wildman–Crippen LogP) is 1.08. The van der Waals surface area contributed by atoms with Gasteiger partial charge < -0.3 is 20.5 Å². The van der Waals surface area contributed by atoms with Crippen LogP contribution in [0.15, 0.2) is 21.5 Å². The molecule has 10 heteroatoms. The number of rotatable bonds is 6. The summed E-state index contributed by atoms with van der Waals surface area (Å²) in [6, 6.07) is -0.274. The summed E-state index contributed by atoms with van der Waals surface area (Å²) in [5, 5.41) is 19.0. The topological polar surface area (TPSA) is 130 Å². The first-order valence-corrected chi connectivity index (χ1v) is 11.4. The van der Waals surface area contributed by atoms with E-state index in [1.54, 1.807) is 12.3 Å². The van der Waals surface area contributed by atoms with E-state index in [1.807, 2.05) is 13.8 Å². The van der Waals surface area contributed by atoms with Gasteiger partial charge in [0, 0.05) is 17.1 Å². The number of nitrogens with one attached hydrogen (secondary N) is 2. The van der Waals surface area contributed by atoms with Crippen molar-refractivity contribution >= 4 is 34.8 Å². The SMILES string of the molecule is CCOC(=O)c1nc(C2(O)CNC(=O)C2C2=C(C3=NC(C)CC3)C(=O)NC2CC)cs1. The van der Waals surface area contributed by atoms with Gasteiger partial charge in [0.2, 0.25) is 10.9 Å². The summed E-state index contributed by atoms with van der Waals surface area (Å²) in [5.74, 6) is -2.22. The Balaban J connectivity index is 1.81. The lowest BCUT2D eigenvalue weighted by Crippen LogP contribution is -2.41. The Kier molecular flexibility index (Phi) is 5.69. The average Bonchev–Trinajstić information content (AvgIpc) is 3.49. The molecule has 0 saturated carbocycles. The molecule has 166 valence electrons. The number of β-amino-alcohol motifs (C(OH)–C–C–N with tert-alkyl or cyclic N) is 1. The zero-order chi connectivity index (χ0) is 22.3. The zero-order valence-electron chi connectivity index (χ0n) is 17.7. The number of thiazole rings is 1. The van der Waals surface area contributed by atoms with Gasteiger partial charge in [-0.2, -0.15) is 0 Å². The van der Waals surface area contributed by atoms with Gasteiger partial charge >= 0.3 is 5.97 Å². The molecule has 1 aromatic rings. The molecule has 1 fully saturated rings. The first-order valence-electron chi connectivity index (χ1n) is 10.5. The van der Waals surface area contributed by atoms with Crippen LogP contribution in [0.4, 0.5) is 0 Å². The number of hydrogen-bond acceptors (Lipinski definition) is 8. The number of ether oxygens (including phenoxy) is 1. The van der Waals surface area contributed by atoms with E-state index >= 15 is 0 Å². The lowest BCUT2D eigenvalue weighted by molar-refractivity contribution is -0.124.